The molecule has 0 saturated carbocycles. The fourth-order valence-corrected chi connectivity index (χ4v) is 6.81. The minimum Gasteiger partial charge on any atom is -0.168 e. The molecule has 0 aliphatic heterocycles. The topological polar surface area (TPSA) is 0 Å². The second-order valence-electron chi connectivity index (χ2n) is 8.68. The molecule has 0 saturated heterocycles. The molecule has 34 heavy (non-hydrogen) atoms. The second kappa shape index (κ2) is 18.8. The predicted molar refractivity (Wildman–Crippen MR) is 155 cm³/mol. The van der Waals surface area contributed by atoms with Crippen molar-refractivity contribution in [1.29, 1.82) is 0 Å². The molecule has 0 aliphatic carbocycles. The summed E-state index contributed by atoms with van der Waals surface area (Å²) in [5.74, 6) is 0. The number of benzene rings is 2. The molecule has 0 spiro atoms. The molecule has 0 bridgehead atoms. The van der Waals surface area contributed by atoms with E-state index < -0.39 is 20.8 Å². The average Bonchev–Trinajstić information content (AvgIpc) is 3.51. The first kappa shape index (κ1) is 29.8. The Kier molecular flexibility index (Phi) is 16.4. The molecule has 0 nitrogen and oxygen atoms in total. The molecule has 0 amide bonds. The zero-order chi connectivity index (χ0) is 24.4. The van der Waals surface area contributed by atoms with Crippen LogP contribution in [0, 0.1) is 0 Å². The van der Waals surface area contributed by atoms with Crippen LogP contribution in [0.15, 0.2) is 78.9 Å². The van der Waals surface area contributed by atoms with Gasteiger partial charge in [-0.05, 0) is 25.2 Å². The third-order valence-corrected chi connectivity index (χ3v) is 8.78. The third-order valence-electron chi connectivity index (χ3n) is 6.08. The summed E-state index contributed by atoms with van der Waals surface area (Å²) in [7, 11) is 9.93. The molecule has 4 aromatic rings. The number of hydrogen-bond acceptors (Lipinski definition) is 0. The molecule has 4 rings (SSSR count). The van der Waals surface area contributed by atoms with Crippen molar-refractivity contribution in [3.05, 3.63) is 78.9 Å². The zero-order valence-corrected chi connectivity index (χ0v) is 25.6. The maximum absolute atomic E-state index is 4.93. The summed E-state index contributed by atoms with van der Waals surface area (Å²) in [5, 5.41) is 7.19. The molecule has 182 valence electrons. The summed E-state index contributed by atoms with van der Waals surface area (Å²) in [6.07, 6.45) is 14.1. The summed E-state index contributed by atoms with van der Waals surface area (Å²) in [4.78, 5) is 0. The fraction of sp³-hybridized carbons (Fsp3) is 0.400. The van der Waals surface area contributed by atoms with E-state index in [-0.39, 0.29) is 7.92 Å². The van der Waals surface area contributed by atoms with Gasteiger partial charge in [0, 0.05) is 0 Å². The number of rotatable bonds is 11. The molecule has 0 fully saturated rings. The monoisotopic (exact) mass is 590 g/mol. The van der Waals surface area contributed by atoms with E-state index >= 15 is 0 Å². The van der Waals surface area contributed by atoms with E-state index in [4.69, 9.17) is 17.0 Å². The van der Waals surface area contributed by atoms with E-state index in [0.29, 0.717) is 0 Å². The standard InChI is InChI=1S/C21H32P.C9H7.2ClH.Zr/c1-3-5-7-11-15-22(16-12-8-6-4-2)21-17-19-13-9-10-14-20(19)18-21;1-2-5-9-7-3-6-8(9)4-1;;;/h9-10,13-14,17-18H,3-8,11-12,15-16H2,1-2H3;1-7H;2*1H;/q2*-1;;;+4/p-2. The third kappa shape index (κ3) is 11.1. The Morgan fingerprint density at radius 2 is 1.26 bits per heavy atom. The van der Waals surface area contributed by atoms with Crippen LogP contribution in [-0.2, 0) is 20.8 Å². The normalized spacial score (nSPS) is 10.5. The molecule has 0 unspecified atom stereocenters. The largest absolute Gasteiger partial charge is 0.168 e. The van der Waals surface area contributed by atoms with Crippen LogP contribution < -0.4 is 5.30 Å². The molecule has 0 aliphatic rings. The quantitative estimate of drug-likeness (QED) is 0.0923. The van der Waals surface area contributed by atoms with Gasteiger partial charge in [0.25, 0.3) is 0 Å². The van der Waals surface area contributed by atoms with Gasteiger partial charge >= 0.3 is 37.9 Å². The Bertz CT molecular complexity index is 947. The van der Waals surface area contributed by atoms with Gasteiger partial charge in [-0.2, -0.15) is 23.6 Å². The van der Waals surface area contributed by atoms with Gasteiger partial charge < -0.3 is 0 Å². The Morgan fingerprint density at radius 1 is 0.706 bits per heavy atom. The van der Waals surface area contributed by atoms with Crippen molar-refractivity contribution in [1.82, 2.24) is 0 Å². The second-order valence-corrected chi connectivity index (χ2v) is 14.9. The average molecular weight is 593 g/mol. The Balaban J connectivity index is 0.000000278. The van der Waals surface area contributed by atoms with Crippen LogP contribution in [0.2, 0.25) is 0 Å². The summed E-state index contributed by atoms with van der Waals surface area (Å²) >= 11 is -0.826. The molecular weight excluding hydrogens is 553 g/mol. The van der Waals surface area contributed by atoms with Crippen LogP contribution in [0.1, 0.15) is 65.2 Å². The minimum absolute atomic E-state index is 0.0642. The van der Waals surface area contributed by atoms with Gasteiger partial charge in [-0.1, -0.05) is 72.4 Å². The van der Waals surface area contributed by atoms with Crippen molar-refractivity contribution < 1.29 is 20.8 Å². The van der Waals surface area contributed by atoms with E-state index in [2.05, 4.69) is 92.7 Å². The predicted octanol–water partition coefficient (Wildman–Crippen LogP) is 10.8. The summed E-state index contributed by atoms with van der Waals surface area (Å²) in [5.41, 5.74) is 0. The summed E-state index contributed by atoms with van der Waals surface area (Å²) < 4.78 is 0. The zero-order valence-electron chi connectivity index (χ0n) is 20.8. The van der Waals surface area contributed by atoms with Crippen LogP contribution in [0.5, 0.6) is 0 Å². The smallest absolute Gasteiger partial charge is 0.0809 e. The first-order valence-corrected chi connectivity index (χ1v) is 20.7. The van der Waals surface area contributed by atoms with Crippen molar-refractivity contribution in [2.24, 2.45) is 0 Å². The Labute approximate surface area is 227 Å². The van der Waals surface area contributed by atoms with E-state index in [1.807, 2.05) is 0 Å². The van der Waals surface area contributed by atoms with Crippen LogP contribution in [0.4, 0.5) is 0 Å². The van der Waals surface area contributed by atoms with E-state index in [9.17, 15) is 0 Å². The number of unbranched alkanes of at least 4 members (excludes halogenated alkanes) is 6. The van der Waals surface area contributed by atoms with Crippen molar-refractivity contribution in [3.63, 3.8) is 0 Å². The molecule has 0 heterocycles. The molecule has 4 heteroatoms. The first-order chi connectivity index (χ1) is 16.7. The maximum atomic E-state index is 4.93. The molecule has 0 N–H and O–H groups in total. The molecular formula is C30H39Cl2PZr. The summed E-state index contributed by atoms with van der Waals surface area (Å²) in [6, 6.07) is 28.5. The number of fused-ring (bicyclic) bond motifs is 2. The number of hydrogen-bond donors (Lipinski definition) is 0. The first-order valence-electron chi connectivity index (χ1n) is 12.7. The fourth-order valence-electron chi connectivity index (χ4n) is 4.22. The van der Waals surface area contributed by atoms with Gasteiger partial charge in [0.2, 0.25) is 0 Å². The van der Waals surface area contributed by atoms with Crippen LogP contribution >= 0.6 is 24.9 Å². The SMILES string of the molecule is CCCCCCP(CCCCCC)c1cc2ccccc2[cH-]1.[Cl][Zr+2][Cl].c1ccc2[cH-]ccc2c1. The van der Waals surface area contributed by atoms with Gasteiger partial charge in [0.15, 0.2) is 0 Å². The molecule has 0 radical (unpaired) electrons. The van der Waals surface area contributed by atoms with Gasteiger partial charge in [-0.15, -0.1) is 70.0 Å². The number of halogens is 2. The van der Waals surface area contributed by atoms with E-state index in [1.54, 1.807) is 5.30 Å². The van der Waals surface area contributed by atoms with Crippen LogP contribution in [-0.4, -0.2) is 12.3 Å². The van der Waals surface area contributed by atoms with Gasteiger partial charge in [-0.3, -0.25) is 0 Å². The molecule has 0 aromatic heterocycles. The van der Waals surface area contributed by atoms with Gasteiger partial charge in [0.05, 0.1) is 0 Å². The van der Waals surface area contributed by atoms with E-state index in [0.717, 1.165) is 0 Å². The van der Waals surface area contributed by atoms with Gasteiger partial charge in [-0.25, -0.2) is 0 Å². The molecule has 0 atom stereocenters. The minimum atomic E-state index is -0.826. The van der Waals surface area contributed by atoms with Gasteiger partial charge in [0.1, 0.15) is 0 Å². The Morgan fingerprint density at radius 3 is 1.82 bits per heavy atom. The van der Waals surface area contributed by atoms with E-state index in [1.165, 1.54) is 85.2 Å². The van der Waals surface area contributed by atoms with Crippen molar-refractivity contribution >= 4 is 51.8 Å². The summed E-state index contributed by atoms with van der Waals surface area (Å²) in [6.45, 7) is 4.61. The van der Waals surface area contributed by atoms with Crippen molar-refractivity contribution in [2.75, 3.05) is 12.3 Å². The van der Waals surface area contributed by atoms with Crippen LogP contribution in [0.3, 0.4) is 0 Å². The van der Waals surface area contributed by atoms with Crippen molar-refractivity contribution in [2.45, 2.75) is 65.2 Å². The van der Waals surface area contributed by atoms with Crippen LogP contribution in [0.25, 0.3) is 21.5 Å². The maximum Gasteiger partial charge on any atom is -0.0809 e. The Hall–Kier alpha value is -0.447. The van der Waals surface area contributed by atoms with Crippen molar-refractivity contribution in [3.8, 4) is 0 Å². The molecule has 4 aromatic carbocycles.